The van der Waals surface area contributed by atoms with E-state index >= 15 is 0 Å². The normalized spacial score (nSPS) is 15.9. The number of aliphatic hydroxyl groups excluding tert-OH is 1. The molecule has 1 atom stereocenters. The molecule has 11 nitrogen and oxygen atoms in total. The molecule has 1 fully saturated rings. The van der Waals surface area contributed by atoms with Gasteiger partial charge in [0.2, 0.25) is 0 Å². The lowest BCUT2D eigenvalue weighted by atomic mass is 9.98. The molecule has 6 rings (SSSR count). The van der Waals surface area contributed by atoms with Crippen molar-refractivity contribution in [3.63, 3.8) is 0 Å². The number of hydrogen-bond donors (Lipinski definition) is 3. The fourth-order valence-corrected chi connectivity index (χ4v) is 5.17. The summed E-state index contributed by atoms with van der Waals surface area (Å²) in [5, 5.41) is 20.2. The zero-order valence-corrected chi connectivity index (χ0v) is 20.7. The first-order chi connectivity index (χ1) is 17.8. The number of carbonyl (C=O) groups is 2. The van der Waals surface area contributed by atoms with Crippen LogP contribution >= 0.6 is 0 Å². The average molecular weight is 501 g/mol. The van der Waals surface area contributed by atoms with Gasteiger partial charge in [-0.05, 0) is 61.9 Å². The highest BCUT2D eigenvalue weighted by Gasteiger charge is 2.39. The highest BCUT2D eigenvalue weighted by atomic mass is 16.3. The van der Waals surface area contributed by atoms with E-state index in [0.29, 0.717) is 36.0 Å². The number of aryl methyl sites for hydroxylation is 1. The summed E-state index contributed by atoms with van der Waals surface area (Å²) >= 11 is 0. The summed E-state index contributed by atoms with van der Waals surface area (Å²) in [6, 6.07) is 6.05. The van der Waals surface area contributed by atoms with E-state index in [4.69, 9.17) is 15.8 Å². The molecular formula is C26H28N8O3. The molecule has 1 unspecified atom stereocenters. The van der Waals surface area contributed by atoms with Crippen molar-refractivity contribution >= 4 is 29.0 Å². The van der Waals surface area contributed by atoms with Gasteiger partial charge in [0, 0.05) is 36.1 Å². The Hall–Kier alpha value is -4.25. The molecule has 0 bridgehead atoms. The Kier molecular flexibility index (Phi) is 5.45. The van der Waals surface area contributed by atoms with Gasteiger partial charge in [0.1, 0.15) is 5.56 Å². The molecule has 190 valence electrons. The minimum absolute atomic E-state index is 0.0589. The molecule has 4 aromatic rings. The van der Waals surface area contributed by atoms with E-state index < -0.39 is 5.91 Å². The van der Waals surface area contributed by atoms with E-state index in [9.17, 15) is 9.59 Å². The predicted octanol–water partition coefficient (Wildman–Crippen LogP) is 2.48. The van der Waals surface area contributed by atoms with Gasteiger partial charge in [-0.25, -0.2) is 9.50 Å². The first-order valence-electron chi connectivity index (χ1n) is 12.4. The Morgan fingerprint density at radius 3 is 2.89 bits per heavy atom. The standard InChI is InChI=1S/C26H28N8O3/c1-14-9-17(10-18-12-33(26(37)21(14)18)15(2)16-3-4-16)20-5-6-34-24(30-20)22(23(27)31-34)25(36)29-19-11-28-32(13-19)7-8-35/h5-6,9-11,13,15-16,35H,3-4,7-8,12H2,1-2H3,(H2,27,31)(H,29,36). The molecule has 1 aliphatic carbocycles. The maximum Gasteiger partial charge on any atom is 0.263 e. The van der Waals surface area contributed by atoms with Crippen molar-refractivity contribution in [3.05, 3.63) is 59.0 Å². The van der Waals surface area contributed by atoms with Crippen LogP contribution in [-0.4, -0.2) is 58.8 Å². The van der Waals surface area contributed by atoms with Gasteiger partial charge in [-0.15, -0.1) is 5.10 Å². The first kappa shape index (κ1) is 23.2. The van der Waals surface area contributed by atoms with Crippen LogP contribution in [0.4, 0.5) is 11.5 Å². The second kappa shape index (κ2) is 8.70. The van der Waals surface area contributed by atoms with E-state index in [1.54, 1.807) is 12.4 Å². The highest BCUT2D eigenvalue weighted by molar-refractivity contribution is 6.11. The molecule has 4 heterocycles. The predicted molar refractivity (Wildman–Crippen MR) is 137 cm³/mol. The summed E-state index contributed by atoms with van der Waals surface area (Å²) in [6.07, 6.45) is 7.21. The second-order valence-corrected chi connectivity index (χ2v) is 9.85. The molecular weight excluding hydrogens is 472 g/mol. The minimum Gasteiger partial charge on any atom is -0.394 e. The molecule has 2 amide bonds. The van der Waals surface area contributed by atoms with Crippen molar-refractivity contribution in [2.75, 3.05) is 17.7 Å². The third kappa shape index (κ3) is 4.01. The summed E-state index contributed by atoms with van der Waals surface area (Å²) in [7, 11) is 0. The maximum atomic E-state index is 13.1. The van der Waals surface area contributed by atoms with Crippen LogP contribution in [-0.2, 0) is 13.1 Å². The van der Waals surface area contributed by atoms with Crippen LogP contribution in [0.1, 0.15) is 51.6 Å². The minimum atomic E-state index is -0.457. The molecule has 4 N–H and O–H groups in total. The van der Waals surface area contributed by atoms with E-state index in [-0.39, 0.29) is 29.9 Å². The molecule has 0 spiro atoms. The van der Waals surface area contributed by atoms with Crippen molar-refractivity contribution < 1.29 is 14.7 Å². The van der Waals surface area contributed by atoms with Crippen molar-refractivity contribution in [1.82, 2.24) is 29.3 Å². The number of fused-ring (bicyclic) bond motifs is 2. The molecule has 1 saturated carbocycles. The molecule has 0 saturated heterocycles. The number of amides is 2. The number of nitrogens with two attached hydrogens (primary N) is 1. The fraction of sp³-hybridized carbons (Fsp3) is 0.346. The smallest absolute Gasteiger partial charge is 0.263 e. The second-order valence-electron chi connectivity index (χ2n) is 9.85. The SMILES string of the molecule is Cc1cc(-c2ccn3nc(N)c(C(=O)Nc4cnn(CCO)c4)c3n2)cc2c1C(=O)N(C(C)C1CC1)C2. The number of nitrogens with zero attached hydrogens (tertiary/aromatic N) is 6. The highest BCUT2D eigenvalue weighted by Crippen LogP contribution is 2.39. The van der Waals surface area contributed by atoms with E-state index in [0.717, 1.165) is 22.3 Å². The maximum absolute atomic E-state index is 13.1. The number of aromatic nitrogens is 5. The summed E-state index contributed by atoms with van der Waals surface area (Å²) in [4.78, 5) is 33.0. The van der Waals surface area contributed by atoms with E-state index in [1.807, 2.05) is 30.0 Å². The van der Waals surface area contributed by atoms with Gasteiger partial charge in [-0.1, -0.05) is 0 Å². The van der Waals surface area contributed by atoms with Crippen molar-refractivity contribution in [1.29, 1.82) is 0 Å². The Morgan fingerprint density at radius 2 is 2.14 bits per heavy atom. The Bertz CT molecular complexity index is 1550. The number of benzene rings is 1. The lowest BCUT2D eigenvalue weighted by Crippen LogP contribution is -2.34. The molecule has 1 aromatic carbocycles. The summed E-state index contributed by atoms with van der Waals surface area (Å²) < 4.78 is 3.00. The third-order valence-electron chi connectivity index (χ3n) is 7.28. The van der Waals surface area contributed by atoms with Crippen molar-refractivity contribution in [2.24, 2.45) is 5.92 Å². The van der Waals surface area contributed by atoms with Crippen molar-refractivity contribution in [3.8, 4) is 11.3 Å². The third-order valence-corrected chi connectivity index (χ3v) is 7.28. The first-order valence-corrected chi connectivity index (χ1v) is 12.4. The van der Waals surface area contributed by atoms with Crippen molar-refractivity contribution in [2.45, 2.75) is 45.8 Å². The van der Waals surface area contributed by atoms with Crippen LogP contribution in [0.5, 0.6) is 0 Å². The number of rotatable bonds is 7. The Labute approximate surface area is 212 Å². The molecule has 3 aromatic heterocycles. The Balaban J connectivity index is 1.33. The van der Waals surface area contributed by atoms with Gasteiger partial charge in [-0.2, -0.15) is 5.10 Å². The zero-order chi connectivity index (χ0) is 25.8. The summed E-state index contributed by atoms with van der Waals surface area (Å²) in [6.45, 7) is 4.96. The van der Waals surface area contributed by atoms with Gasteiger partial charge in [0.05, 0.1) is 30.7 Å². The fourth-order valence-electron chi connectivity index (χ4n) is 5.17. The molecule has 11 heteroatoms. The van der Waals surface area contributed by atoms with Gasteiger partial charge in [-0.3, -0.25) is 14.3 Å². The number of nitrogens with one attached hydrogen (secondary N) is 1. The van der Waals surface area contributed by atoms with Gasteiger partial charge in [0.25, 0.3) is 11.8 Å². The van der Waals surface area contributed by atoms with Crippen LogP contribution in [0.25, 0.3) is 16.9 Å². The van der Waals surface area contributed by atoms with E-state index in [2.05, 4.69) is 22.4 Å². The monoisotopic (exact) mass is 500 g/mol. The van der Waals surface area contributed by atoms with Crippen LogP contribution in [0.3, 0.4) is 0 Å². The number of carbonyl (C=O) groups excluding carboxylic acids is 2. The Morgan fingerprint density at radius 1 is 1.32 bits per heavy atom. The summed E-state index contributed by atoms with van der Waals surface area (Å²) in [5.74, 6) is 0.307. The number of nitrogen functional groups attached to an aromatic ring is 1. The van der Waals surface area contributed by atoms with Gasteiger partial charge >= 0.3 is 0 Å². The van der Waals surface area contributed by atoms with Gasteiger partial charge < -0.3 is 21.1 Å². The lowest BCUT2D eigenvalue weighted by molar-refractivity contribution is 0.0697. The zero-order valence-electron chi connectivity index (χ0n) is 20.7. The van der Waals surface area contributed by atoms with E-state index in [1.165, 1.54) is 28.2 Å². The molecule has 0 radical (unpaired) electrons. The molecule has 37 heavy (non-hydrogen) atoms. The summed E-state index contributed by atoms with van der Waals surface area (Å²) in [5.41, 5.74) is 11.3. The van der Waals surface area contributed by atoms with Crippen LogP contribution in [0.15, 0.2) is 36.8 Å². The molecule has 2 aliphatic rings. The molecule has 1 aliphatic heterocycles. The van der Waals surface area contributed by atoms with Crippen LogP contribution < -0.4 is 11.1 Å². The van der Waals surface area contributed by atoms with Gasteiger partial charge in [0.15, 0.2) is 11.5 Å². The van der Waals surface area contributed by atoms with Crippen LogP contribution in [0, 0.1) is 12.8 Å². The number of hydrogen-bond acceptors (Lipinski definition) is 7. The quantitative estimate of drug-likeness (QED) is 0.354. The lowest BCUT2D eigenvalue weighted by Gasteiger charge is -2.24. The number of aliphatic hydroxyl groups is 1. The van der Waals surface area contributed by atoms with Crippen LogP contribution in [0.2, 0.25) is 0 Å². The number of anilines is 2. The largest absolute Gasteiger partial charge is 0.394 e. The topological polar surface area (TPSA) is 144 Å². The average Bonchev–Trinajstić information content (AvgIpc) is 3.41.